The number of aromatic nitrogens is 2. The van der Waals surface area contributed by atoms with Crippen LogP contribution in [0.1, 0.15) is 32.9 Å². The van der Waals surface area contributed by atoms with Gasteiger partial charge >= 0.3 is 0 Å². The first-order valence-corrected chi connectivity index (χ1v) is 12.5. The normalized spacial score (nSPS) is 14.1. The Labute approximate surface area is 222 Å². The summed E-state index contributed by atoms with van der Waals surface area (Å²) in [4.78, 5) is 17.9. The number of carbonyl (C=O) groups is 1. The van der Waals surface area contributed by atoms with E-state index in [1.165, 1.54) is 0 Å². The van der Waals surface area contributed by atoms with Crippen molar-refractivity contribution in [3.8, 4) is 28.3 Å². The maximum Gasteiger partial charge on any atom is 0.277 e. The van der Waals surface area contributed by atoms with Gasteiger partial charge in [-0.2, -0.15) is 4.73 Å². The highest BCUT2D eigenvalue weighted by Crippen LogP contribution is 2.38. The number of hydrogen-bond acceptors (Lipinski definition) is 6. The number of ether oxygens (including phenoxy) is 2. The Hall–Kier alpha value is -4.14. The smallest absolute Gasteiger partial charge is 0.277 e. The van der Waals surface area contributed by atoms with Gasteiger partial charge in [-0.05, 0) is 80.4 Å². The van der Waals surface area contributed by atoms with Crippen LogP contribution in [0.15, 0.2) is 60.7 Å². The van der Waals surface area contributed by atoms with Crippen LogP contribution < -0.4 is 15.4 Å². The summed E-state index contributed by atoms with van der Waals surface area (Å²) in [6.07, 6.45) is 0. The van der Waals surface area contributed by atoms with Crippen molar-refractivity contribution in [1.82, 2.24) is 15.0 Å². The molecule has 38 heavy (non-hydrogen) atoms. The van der Waals surface area contributed by atoms with E-state index in [4.69, 9.17) is 9.47 Å². The van der Waals surface area contributed by atoms with Crippen molar-refractivity contribution < 1.29 is 19.5 Å². The number of rotatable bonds is 7. The van der Waals surface area contributed by atoms with Crippen LogP contribution in [0, 0.1) is 20.8 Å². The van der Waals surface area contributed by atoms with E-state index in [-0.39, 0.29) is 17.1 Å². The average molecular weight is 513 g/mol. The lowest BCUT2D eigenvalue weighted by Crippen LogP contribution is -2.56. The lowest BCUT2D eigenvalue weighted by molar-refractivity contribution is -0.0747. The molecule has 5 rings (SSSR count). The molecule has 3 N–H and O–H groups in total. The van der Waals surface area contributed by atoms with Gasteiger partial charge in [0.2, 0.25) is 0 Å². The van der Waals surface area contributed by atoms with E-state index >= 15 is 0 Å². The highest BCUT2D eigenvalue weighted by Gasteiger charge is 2.39. The number of nitrogens with zero attached hydrogens (tertiary/aromatic N) is 2. The molecule has 0 bridgehead atoms. The molecule has 1 fully saturated rings. The number of likely N-dealkylation sites (N-methyl/N-ethyl adjacent to an activating group) is 1. The number of anilines is 1. The molecule has 1 aromatic heterocycles. The highest BCUT2D eigenvalue weighted by atomic mass is 16.5. The summed E-state index contributed by atoms with van der Waals surface area (Å²) in [5, 5.41) is 17.3. The van der Waals surface area contributed by atoms with Crippen LogP contribution in [0.5, 0.6) is 5.75 Å². The molecule has 8 nitrogen and oxygen atoms in total. The van der Waals surface area contributed by atoms with Crippen molar-refractivity contribution in [3.05, 3.63) is 88.7 Å². The topological polar surface area (TPSA) is 97.6 Å². The lowest BCUT2D eigenvalue weighted by Gasteiger charge is -2.41. The first kappa shape index (κ1) is 25.5. The van der Waals surface area contributed by atoms with Gasteiger partial charge in [-0.15, -0.1) is 0 Å². The van der Waals surface area contributed by atoms with E-state index in [0.717, 1.165) is 32.5 Å². The quantitative estimate of drug-likeness (QED) is 0.299. The average Bonchev–Trinajstić information content (AvgIpc) is 3.17. The fraction of sp³-hybridized carbons (Fsp3) is 0.267. The van der Waals surface area contributed by atoms with Gasteiger partial charge in [0, 0.05) is 16.8 Å². The maximum absolute atomic E-state index is 13.3. The molecular formula is C30H32N4O4. The van der Waals surface area contributed by atoms with Crippen molar-refractivity contribution in [2.24, 2.45) is 0 Å². The van der Waals surface area contributed by atoms with Gasteiger partial charge in [-0.1, -0.05) is 30.3 Å². The van der Waals surface area contributed by atoms with Crippen LogP contribution in [-0.4, -0.2) is 48.2 Å². The maximum atomic E-state index is 13.3. The van der Waals surface area contributed by atoms with E-state index in [1.54, 1.807) is 14.0 Å². The molecule has 0 spiro atoms. The Morgan fingerprint density at radius 3 is 2.39 bits per heavy atom. The summed E-state index contributed by atoms with van der Waals surface area (Å²) in [5.41, 5.74) is 6.72. The van der Waals surface area contributed by atoms with Crippen LogP contribution >= 0.6 is 0 Å². The second-order valence-electron chi connectivity index (χ2n) is 9.72. The molecule has 1 aliphatic heterocycles. The summed E-state index contributed by atoms with van der Waals surface area (Å²) in [7, 11) is 3.53. The third-order valence-electron chi connectivity index (χ3n) is 7.30. The van der Waals surface area contributed by atoms with Crippen molar-refractivity contribution >= 4 is 11.6 Å². The molecular weight excluding hydrogens is 480 g/mol. The van der Waals surface area contributed by atoms with Gasteiger partial charge in [0.15, 0.2) is 11.5 Å². The zero-order valence-electron chi connectivity index (χ0n) is 22.3. The second-order valence-corrected chi connectivity index (χ2v) is 9.72. The number of hydrogen-bond donors (Lipinski definition) is 3. The molecule has 0 radical (unpaired) electrons. The van der Waals surface area contributed by atoms with Crippen molar-refractivity contribution in [2.75, 3.05) is 32.7 Å². The Bertz CT molecular complexity index is 1500. The van der Waals surface area contributed by atoms with E-state index in [0.29, 0.717) is 35.9 Å². The highest BCUT2D eigenvalue weighted by molar-refractivity contribution is 6.04. The molecule has 0 aliphatic carbocycles. The van der Waals surface area contributed by atoms with Crippen LogP contribution in [0.4, 0.5) is 5.69 Å². The fourth-order valence-corrected chi connectivity index (χ4v) is 5.09. The molecule has 1 aliphatic rings. The van der Waals surface area contributed by atoms with Crippen LogP contribution in [0.3, 0.4) is 0 Å². The SMILES string of the molecule is CNC1(c2cccc(NC(=O)c3c(C)nc(-c4ccc(OC)c(-c5c(C)cccc5C)c4)n3O)c2)COC1. The predicted molar refractivity (Wildman–Crippen MR) is 147 cm³/mol. The molecule has 2 heterocycles. The molecule has 0 atom stereocenters. The Kier molecular flexibility index (Phi) is 6.69. The molecule has 0 unspecified atom stereocenters. The lowest BCUT2D eigenvalue weighted by atomic mass is 9.88. The largest absolute Gasteiger partial charge is 0.496 e. The molecule has 4 aromatic rings. The summed E-state index contributed by atoms with van der Waals surface area (Å²) in [5.74, 6) is 0.540. The Balaban J connectivity index is 1.49. The zero-order valence-corrected chi connectivity index (χ0v) is 22.3. The first-order chi connectivity index (χ1) is 18.3. The van der Waals surface area contributed by atoms with Crippen LogP contribution in [0.2, 0.25) is 0 Å². The molecule has 1 saturated heterocycles. The molecule has 8 heteroatoms. The molecule has 1 amide bonds. The summed E-state index contributed by atoms with van der Waals surface area (Å²) in [6.45, 7) is 6.95. The number of benzene rings is 3. The van der Waals surface area contributed by atoms with E-state index < -0.39 is 5.91 Å². The number of carbonyl (C=O) groups excluding carboxylic acids is 1. The summed E-state index contributed by atoms with van der Waals surface area (Å²) >= 11 is 0. The van der Waals surface area contributed by atoms with Gasteiger partial charge in [0.05, 0.1) is 31.6 Å². The standard InChI is InChI=1S/C30H32N4O4/c1-18-8-6-9-19(2)26(18)24-14-21(12-13-25(24)37-5)28-32-20(3)27(34(28)36)29(35)33-23-11-7-10-22(15-23)30(31-4)16-38-17-30/h6-15,31,36H,16-17H2,1-5H3,(H,33,35). The zero-order chi connectivity index (χ0) is 27.0. The van der Waals surface area contributed by atoms with Gasteiger partial charge in [0.1, 0.15) is 5.75 Å². The minimum Gasteiger partial charge on any atom is -0.496 e. The van der Waals surface area contributed by atoms with Crippen molar-refractivity contribution in [2.45, 2.75) is 26.3 Å². The minimum absolute atomic E-state index is 0.0742. The third kappa shape index (κ3) is 4.31. The van der Waals surface area contributed by atoms with Crippen molar-refractivity contribution in [1.29, 1.82) is 0 Å². The van der Waals surface area contributed by atoms with Gasteiger partial charge in [0.25, 0.3) is 5.91 Å². The monoisotopic (exact) mass is 512 g/mol. The third-order valence-corrected chi connectivity index (χ3v) is 7.30. The van der Waals surface area contributed by atoms with E-state index in [1.807, 2.05) is 55.6 Å². The van der Waals surface area contributed by atoms with Gasteiger partial charge < -0.3 is 25.3 Å². The molecule has 196 valence electrons. The number of aryl methyl sites for hydroxylation is 3. The van der Waals surface area contributed by atoms with Crippen LogP contribution in [0.25, 0.3) is 22.5 Å². The fourth-order valence-electron chi connectivity index (χ4n) is 5.09. The van der Waals surface area contributed by atoms with E-state index in [2.05, 4.69) is 41.6 Å². The molecule has 3 aromatic carbocycles. The predicted octanol–water partition coefficient (Wildman–Crippen LogP) is 5.09. The van der Waals surface area contributed by atoms with Gasteiger partial charge in [-0.3, -0.25) is 4.79 Å². The number of imidazole rings is 1. The summed E-state index contributed by atoms with van der Waals surface area (Å²) in [6, 6.07) is 19.4. The number of nitrogens with one attached hydrogen (secondary N) is 2. The first-order valence-electron chi connectivity index (χ1n) is 12.5. The molecule has 0 saturated carbocycles. The van der Waals surface area contributed by atoms with Crippen molar-refractivity contribution in [3.63, 3.8) is 0 Å². The number of methoxy groups -OCH3 is 1. The van der Waals surface area contributed by atoms with Gasteiger partial charge in [-0.25, -0.2) is 4.98 Å². The second kappa shape index (κ2) is 9.96. The minimum atomic E-state index is -0.451. The Morgan fingerprint density at radius 1 is 1.05 bits per heavy atom. The van der Waals surface area contributed by atoms with E-state index in [9.17, 15) is 10.0 Å². The van der Waals surface area contributed by atoms with Crippen LogP contribution in [-0.2, 0) is 10.3 Å². The summed E-state index contributed by atoms with van der Waals surface area (Å²) < 4.78 is 11.9. The number of amides is 1. The Morgan fingerprint density at radius 2 is 1.76 bits per heavy atom.